The Balaban J connectivity index is 1.86. The molecule has 0 spiro atoms. The number of carboxylic acid groups (broad SMARTS) is 1. The van der Waals surface area contributed by atoms with Gasteiger partial charge in [-0.15, -0.1) is 0 Å². The lowest BCUT2D eigenvalue weighted by Crippen LogP contribution is -2.24. The van der Waals surface area contributed by atoms with Crippen molar-refractivity contribution in [2.75, 3.05) is 6.61 Å². The van der Waals surface area contributed by atoms with Gasteiger partial charge in [-0.05, 0) is 56.1 Å². The van der Waals surface area contributed by atoms with E-state index in [1.807, 2.05) is 24.3 Å². The quantitative estimate of drug-likeness (QED) is 0.673. The number of rotatable bonds is 8. The lowest BCUT2D eigenvalue weighted by atomic mass is 9.93. The highest BCUT2D eigenvalue weighted by atomic mass is 16.7. The maximum Gasteiger partial charge on any atom is 0.508 e. The zero-order valence-corrected chi connectivity index (χ0v) is 15.9. The smallest absolute Gasteiger partial charge is 0.481 e. The normalized spacial score (nSPS) is 20.8. The molecule has 1 aromatic carbocycles. The van der Waals surface area contributed by atoms with Gasteiger partial charge in [-0.2, -0.15) is 0 Å². The fourth-order valence-electron chi connectivity index (χ4n) is 3.31. The minimum Gasteiger partial charge on any atom is -0.481 e. The van der Waals surface area contributed by atoms with Crippen LogP contribution in [-0.4, -0.2) is 29.9 Å². The van der Waals surface area contributed by atoms with E-state index in [1.165, 1.54) is 0 Å². The molecule has 0 amide bonds. The molecule has 3 atom stereocenters. The summed E-state index contributed by atoms with van der Waals surface area (Å²) in [5.74, 6) is -0.547. The van der Waals surface area contributed by atoms with Crippen LogP contribution in [0.15, 0.2) is 24.3 Å². The first-order valence-electron chi connectivity index (χ1n) is 9.52. The minimum atomic E-state index is -0.821. The van der Waals surface area contributed by atoms with Crippen LogP contribution in [0.4, 0.5) is 4.79 Å². The highest BCUT2D eigenvalue weighted by Gasteiger charge is 2.31. The Morgan fingerprint density at radius 1 is 1.15 bits per heavy atom. The van der Waals surface area contributed by atoms with Crippen LogP contribution < -0.4 is 0 Å². The van der Waals surface area contributed by atoms with E-state index in [1.54, 1.807) is 6.92 Å². The lowest BCUT2D eigenvalue weighted by molar-refractivity contribution is -0.138. The second-order valence-corrected chi connectivity index (χ2v) is 7.63. The highest BCUT2D eigenvalue weighted by molar-refractivity contribution is 5.75. The summed E-state index contributed by atoms with van der Waals surface area (Å²) in [6.45, 7) is 6.26. The zero-order chi connectivity index (χ0) is 19.1. The van der Waals surface area contributed by atoms with Gasteiger partial charge in [0.1, 0.15) is 6.10 Å². The van der Waals surface area contributed by atoms with Crippen LogP contribution in [0.25, 0.3) is 0 Å². The van der Waals surface area contributed by atoms with Crippen molar-refractivity contribution < 1.29 is 24.2 Å². The van der Waals surface area contributed by atoms with Crippen LogP contribution in [0.5, 0.6) is 0 Å². The molecule has 1 N–H and O–H groups in total. The summed E-state index contributed by atoms with van der Waals surface area (Å²) >= 11 is 0. The molecular formula is C21H30O5. The van der Waals surface area contributed by atoms with Gasteiger partial charge in [-0.1, -0.05) is 38.1 Å². The fourth-order valence-corrected chi connectivity index (χ4v) is 3.31. The van der Waals surface area contributed by atoms with Gasteiger partial charge < -0.3 is 14.6 Å². The van der Waals surface area contributed by atoms with Crippen LogP contribution in [0, 0.1) is 11.8 Å². The van der Waals surface area contributed by atoms with Crippen molar-refractivity contribution in [3.05, 3.63) is 35.4 Å². The molecule has 0 heterocycles. The van der Waals surface area contributed by atoms with Crippen LogP contribution in [0.3, 0.4) is 0 Å². The standard InChI is InChI=1S/C21H30O5/c1-14(2)11-12-25-21(24)26-19-6-4-5-18(19)13-16-7-9-17(10-8-16)15(3)20(22)23/h7-10,14-15,18-19H,4-6,11-13H2,1-3H3,(H,22,23)/t15-,18+,19-/m0/s1. The number of ether oxygens (including phenoxy) is 2. The summed E-state index contributed by atoms with van der Waals surface area (Å²) in [6.07, 6.45) is 3.95. The van der Waals surface area contributed by atoms with Gasteiger partial charge in [0.2, 0.25) is 0 Å². The molecule has 1 fully saturated rings. The van der Waals surface area contributed by atoms with Crippen LogP contribution in [0.2, 0.25) is 0 Å². The summed E-state index contributed by atoms with van der Waals surface area (Å²) in [4.78, 5) is 22.9. The Morgan fingerprint density at radius 3 is 2.46 bits per heavy atom. The maximum atomic E-state index is 11.9. The Morgan fingerprint density at radius 2 is 1.85 bits per heavy atom. The Bertz CT molecular complexity index is 593. The summed E-state index contributed by atoms with van der Waals surface area (Å²) in [5, 5.41) is 9.08. The monoisotopic (exact) mass is 362 g/mol. The van der Waals surface area contributed by atoms with E-state index in [9.17, 15) is 9.59 Å². The average Bonchev–Trinajstić information content (AvgIpc) is 3.01. The van der Waals surface area contributed by atoms with Crippen molar-refractivity contribution in [2.24, 2.45) is 11.8 Å². The van der Waals surface area contributed by atoms with Gasteiger partial charge in [-0.3, -0.25) is 4.79 Å². The molecule has 26 heavy (non-hydrogen) atoms. The zero-order valence-electron chi connectivity index (χ0n) is 15.9. The molecule has 1 aliphatic carbocycles. The van der Waals surface area contributed by atoms with E-state index in [-0.39, 0.29) is 12.0 Å². The third kappa shape index (κ3) is 6.04. The number of carboxylic acids is 1. The number of hydrogen-bond donors (Lipinski definition) is 1. The second-order valence-electron chi connectivity index (χ2n) is 7.63. The Kier molecular flexibility index (Phi) is 7.49. The van der Waals surface area contributed by atoms with Crippen molar-refractivity contribution >= 4 is 12.1 Å². The molecule has 0 aromatic heterocycles. The molecule has 2 rings (SSSR count). The minimum absolute atomic E-state index is 0.0980. The lowest BCUT2D eigenvalue weighted by Gasteiger charge is -2.20. The largest absolute Gasteiger partial charge is 0.508 e. The van der Waals surface area contributed by atoms with Gasteiger partial charge in [0.25, 0.3) is 0 Å². The van der Waals surface area contributed by atoms with Gasteiger partial charge in [0, 0.05) is 5.92 Å². The van der Waals surface area contributed by atoms with Gasteiger partial charge in [-0.25, -0.2) is 4.79 Å². The predicted octanol–water partition coefficient (Wildman–Crippen LogP) is 4.79. The molecule has 0 bridgehead atoms. The molecule has 5 heteroatoms. The first-order valence-corrected chi connectivity index (χ1v) is 9.52. The molecule has 0 radical (unpaired) electrons. The first kappa shape index (κ1) is 20.3. The van der Waals surface area contributed by atoms with Crippen molar-refractivity contribution in [3.63, 3.8) is 0 Å². The number of benzene rings is 1. The van der Waals surface area contributed by atoms with Gasteiger partial charge >= 0.3 is 12.1 Å². The van der Waals surface area contributed by atoms with Gasteiger partial charge in [0.15, 0.2) is 0 Å². The Hall–Kier alpha value is -2.04. The summed E-state index contributed by atoms with van der Waals surface area (Å²) in [5.41, 5.74) is 1.94. The SMILES string of the molecule is CC(C)CCOC(=O)O[C@H]1CCC[C@@H]1Cc1ccc([C@H](C)C(=O)O)cc1. The predicted molar refractivity (Wildman–Crippen MR) is 99.2 cm³/mol. The maximum absolute atomic E-state index is 11.9. The van der Waals surface area contributed by atoms with Crippen molar-refractivity contribution in [1.82, 2.24) is 0 Å². The number of aliphatic carboxylic acids is 1. The van der Waals surface area contributed by atoms with E-state index in [2.05, 4.69) is 13.8 Å². The number of hydrogen-bond acceptors (Lipinski definition) is 4. The highest BCUT2D eigenvalue weighted by Crippen LogP contribution is 2.32. The number of carbonyl (C=O) groups is 2. The molecule has 0 aliphatic heterocycles. The molecule has 1 saturated carbocycles. The Labute approximate surface area is 155 Å². The average molecular weight is 362 g/mol. The van der Waals surface area contributed by atoms with E-state index in [0.717, 1.165) is 43.2 Å². The van der Waals surface area contributed by atoms with Crippen molar-refractivity contribution in [2.45, 2.75) is 64.9 Å². The first-order chi connectivity index (χ1) is 12.4. The van der Waals surface area contributed by atoms with Crippen LogP contribution >= 0.6 is 0 Å². The summed E-state index contributed by atoms with van der Waals surface area (Å²) in [7, 11) is 0. The summed E-state index contributed by atoms with van der Waals surface area (Å²) < 4.78 is 10.7. The van der Waals surface area contributed by atoms with E-state index in [4.69, 9.17) is 14.6 Å². The molecule has 1 aromatic rings. The summed E-state index contributed by atoms with van der Waals surface area (Å²) in [6, 6.07) is 7.70. The van der Waals surface area contributed by atoms with Crippen LogP contribution in [0.1, 0.15) is 63.5 Å². The second kappa shape index (κ2) is 9.60. The van der Waals surface area contributed by atoms with Gasteiger partial charge in [0.05, 0.1) is 12.5 Å². The van der Waals surface area contributed by atoms with E-state index < -0.39 is 18.0 Å². The van der Waals surface area contributed by atoms with Crippen LogP contribution in [-0.2, 0) is 20.7 Å². The fraction of sp³-hybridized carbons (Fsp3) is 0.619. The van der Waals surface area contributed by atoms with Crippen molar-refractivity contribution in [3.8, 4) is 0 Å². The molecule has 0 unspecified atom stereocenters. The van der Waals surface area contributed by atoms with E-state index >= 15 is 0 Å². The third-order valence-electron chi connectivity index (χ3n) is 5.10. The number of carbonyl (C=O) groups excluding carboxylic acids is 1. The van der Waals surface area contributed by atoms with E-state index in [0.29, 0.717) is 12.5 Å². The molecule has 144 valence electrons. The molecule has 0 saturated heterocycles. The third-order valence-corrected chi connectivity index (χ3v) is 5.10. The topological polar surface area (TPSA) is 72.8 Å². The van der Waals surface area contributed by atoms with Crippen molar-refractivity contribution in [1.29, 1.82) is 0 Å². The molecular weight excluding hydrogens is 332 g/mol. The molecule has 5 nitrogen and oxygen atoms in total. The molecule has 1 aliphatic rings.